The summed E-state index contributed by atoms with van der Waals surface area (Å²) in [7, 11) is 1.70. The Bertz CT molecular complexity index is 1190. The minimum Gasteiger partial charge on any atom is -0.492 e. The molecular weight excluding hydrogens is 402 g/mol. The molecule has 0 N–H and O–H groups in total. The quantitative estimate of drug-likeness (QED) is 0.567. The van der Waals surface area contributed by atoms with Crippen LogP contribution in [0.4, 0.5) is 0 Å². The van der Waals surface area contributed by atoms with Crippen LogP contribution >= 0.6 is 0 Å². The van der Waals surface area contributed by atoms with Crippen molar-refractivity contribution in [1.82, 2.24) is 14.0 Å². The van der Waals surface area contributed by atoms with Gasteiger partial charge in [0.1, 0.15) is 12.4 Å². The SMILES string of the molecule is CC(C)Cc1ccc(-n2c(=O)c3cc(OCCN4CCCCC4)ccc3n(C)c2=O)cc1. The van der Waals surface area contributed by atoms with Crippen LogP contribution in [0.3, 0.4) is 0 Å². The highest BCUT2D eigenvalue weighted by Crippen LogP contribution is 2.19. The summed E-state index contributed by atoms with van der Waals surface area (Å²) in [6.07, 6.45) is 4.78. The molecule has 1 fully saturated rings. The van der Waals surface area contributed by atoms with E-state index >= 15 is 0 Å². The standard InChI is InChI=1S/C26H33N3O3/c1-19(2)17-20-7-9-21(10-8-20)29-25(30)23-18-22(11-12-24(23)27(3)26(29)31)32-16-15-28-13-5-4-6-14-28/h7-12,18-19H,4-6,13-17H2,1-3H3. The van der Waals surface area contributed by atoms with Crippen molar-refractivity contribution >= 4 is 10.9 Å². The molecule has 0 unspecified atom stereocenters. The second-order valence-corrected chi connectivity index (χ2v) is 9.18. The van der Waals surface area contributed by atoms with Crippen LogP contribution in [0.1, 0.15) is 38.7 Å². The summed E-state index contributed by atoms with van der Waals surface area (Å²) in [5, 5.41) is 0.480. The van der Waals surface area contributed by atoms with Crippen LogP contribution in [0.2, 0.25) is 0 Å². The first kappa shape index (κ1) is 22.3. The predicted molar refractivity (Wildman–Crippen MR) is 129 cm³/mol. The number of benzene rings is 2. The molecule has 1 aliphatic rings. The zero-order valence-electron chi connectivity index (χ0n) is 19.3. The lowest BCUT2D eigenvalue weighted by molar-refractivity contribution is 0.183. The molecule has 2 aromatic carbocycles. The van der Waals surface area contributed by atoms with E-state index < -0.39 is 0 Å². The molecule has 0 radical (unpaired) electrons. The summed E-state index contributed by atoms with van der Waals surface area (Å²) in [6, 6.07) is 13.1. The van der Waals surface area contributed by atoms with E-state index in [1.54, 1.807) is 19.2 Å². The molecule has 6 nitrogen and oxygen atoms in total. The molecule has 2 heterocycles. The molecule has 0 spiro atoms. The molecule has 0 bridgehead atoms. The smallest absolute Gasteiger partial charge is 0.335 e. The van der Waals surface area contributed by atoms with Gasteiger partial charge in [0.05, 0.1) is 16.6 Å². The summed E-state index contributed by atoms with van der Waals surface area (Å²) in [5.41, 5.74) is 1.72. The fraction of sp³-hybridized carbons (Fsp3) is 0.462. The fourth-order valence-electron chi connectivity index (χ4n) is 4.48. The Balaban J connectivity index is 1.62. The van der Waals surface area contributed by atoms with Crippen LogP contribution in [0.25, 0.3) is 16.6 Å². The van der Waals surface area contributed by atoms with Gasteiger partial charge in [-0.3, -0.25) is 14.3 Å². The fourth-order valence-corrected chi connectivity index (χ4v) is 4.48. The van der Waals surface area contributed by atoms with E-state index in [0.29, 0.717) is 34.9 Å². The highest BCUT2D eigenvalue weighted by Gasteiger charge is 2.14. The van der Waals surface area contributed by atoms with Gasteiger partial charge < -0.3 is 4.74 Å². The average molecular weight is 436 g/mol. The number of ether oxygens (including phenoxy) is 1. The lowest BCUT2D eigenvalue weighted by atomic mass is 10.0. The van der Waals surface area contributed by atoms with E-state index in [1.807, 2.05) is 30.3 Å². The summed E-state index contributed by atoms with van der Waals surface area (Å²) >= 11 is 0. The van der Waals surface area contributed by atoms with Crippen LogP contribution < -0.4 is 16.0 Å². The van der Waals surface area contributed by atoms with Crippen LogP contribution in [0.5, 0.6) is 5.75 Å². The van der Waals surface area contributed by atoms with E-state index in [4.69, 9.17) is 4.74 Å². The van der Waals surface area contributed by atoms with Crippen molar-refractivity contribution in [2.45, 2.75) is 39.5 Å². The van der Waals surface area contributed by atoms with Crippen molar-refractivity contribution < 1.29 is 4.74 Å². The van der Waals surface area contributed by atoms with E-state index in [0.717, 1.165) is 26.1 Å². The lowest BCUT2D eigenvalue weighted by Gasteiger charge is -2.26. The van der Waals surface area contributed by atoms with E-state index in [2.05, 4.69) is 18.7 Å². The molecule has 1 saturated heterocycles. The van der Waals surface area contributed by atoms with Gasteiger partial charge in [-0.15, -0.1) is 0 Å². The summed E-state index contributed by atoms with van der Waals surface area (Å²) in [6.45, 7) is 8.07. The first-order chi connectivity index (χ1) is 15.4. The van der Waals surface area contributed by atoms with E-state index in [1.165, 1.54) is 34.0 Å². The Labute approximate surface area is 189 Å². The van der Waals surface area contributed by atoms with Crippen LogP contribution in [0.15, 0.2) is 52.1 Å². The molecule has 0 amide bonds. The van der Waals surface area contributed by atoms with Gasteiger partial charge in [-0.2, -0.15) is 0 Å². The number of aryl methyl sites for hydroxylation is 1. The highest BCUT2D eigenvalue weighted by atomic mass is 16.5. The first-order valence-corrected chi connectivity index (χ1v) is 11.6. The number of piperidine rings is 1. The van der Waals surface area contributed by atoms with Gasteiger partial charge in [-0.05, 0) is 74.2 Å². The summed E-state index contributed by atoms with van der Waals surface area (Å²) in [5.74, 6) is 1.20. The normalized spacial score (nSPS) is 14.9. The third kappa shape index (κ3) is 4.80. The van der Waals surface area contributed by atoms with Gasteiger partial charge in [-0.1, -0.05) is 32.4 Å². The van der Waals surface area contributed by atoms with E-state index in [-0.39, 0.29) is 11.2 Å². The first-order valence-electron chi connectivity index (χ1n) is 11.6. The molecule has 0 atom stereocenters. The Morgan fingerprint density at radius 3 is 2.38 bits per heavy atom. The second kappa shape index (κ2) is 9.74. The molecule has 1 aromatic heterocycles. The molecular formula is C26H33N3O3. The van der Waals surface area contributed by atoms with Gasteiger partial charge in [0.2, 0.25) is 0 Å². The van der Waals surface area contributed by atoms with Gasteiger partial charge in [0.15, 0.2) is 0 Å². The van der Waals surface area contributed by atoms with Crippen molar-refractivity contribution in [3.05, 3.63) is 68.9 Å². The number of fused-ring (bicyclic) bond motifs is 1. The van der Waals surface area contributed by atoms with Crippen molar-refractivity contribution in [2.24, 2.45) is 13.0 Å². The number of aromatic nitrogens is 2. The minimum absolute atomic E-state index is 0.318. The minimum atomic E-state index is -0.349. The molecule has 0 aliphatic carbocycles. The second-order valence-electron chi connectivity index (χ2n) is 9.18. The van der Waals surface area contributed by atoms with Crippen LogP contribution in [0, 0.1) is 5.92 Å². The number of rotatable bonds is 7. The maximum absolute atomic E-state index is 13.3. The number of hydrogen-bond donors (Lipinski definition) is 0. The van der Waals surface area contributed by atoms with Crippen molar-refractivity contribution in [1.29, 1.82) is 0 Å². The van der Waals surface area contributed by atoms with Gasteiger partial charge >= 0.3 is 5.69 Å². The summed E-state index contributed by atoms with van der Waals surface area (Å²) in [4.78, 5) is 28.7. The molecule has 3 aromatic rings. The Morgan fingerprint density at radius 2 is 1.69 bits per heavy atom. The molecule has 1 aliphatic heterocycles. The average Bonchev–Trinajstić information content (AvgIpc) is 2.79. The van der Waals surface area contributed by atoms with Crippen LogP contribution in [-0.4, -0.2) is 40.3 Å². The van der Waals surface area contributed by atoms with E-state index in [9.17, 15) is 9.59 Å². The monoisotopic (exact) mass is 435 g/mol. The number of hydrogen-bond acceptors (Lipinski definition) is 4. The Morgan fingerprint density at radius 1 is 0.969 bits per heavy atom. The number of likely N-dealkylation sites (tertiary alicyclic amines) is 1. The third-order valence-corrected chi connectivity index (χ3v) is 6.20. The molecule has 0 saturated carbocycles. The van der Waals surface area contributed by atoms with Gasteiger partial charge in [0.25, 0.3) is 5.56 Å². The largest absolute Gasteiger partial charge is 0.492 e. The molecule has 32 heavy (non-hydrogen) atoms. The zero-order chi connectivity index (χ0) is 22.7. The molecule has 170 valence electrons. The van der Waals surface area contributed by atoms with Gasteiger partial charge in [0, 0.05) is 13.6 Å². The van der Waals surface area contributed by atoms with Crippen molar-refractivity contribution in [3.63, 3.8) is 0 Å². The topological polar surface area (TPSA) is 56.5 Å². The predicted octanol–water partition coefficient (Wildman–Crippen LogP) is 3.75. The Hall–Kier alpha value is -2.86. The highest BCUT2D eigenvalue weighted by molar-refractivity contribution is 5.80. The zero-order valence-corrected chi connectivity index (χ0v) is 19.3. The number of nitrogens with zero attached hydrogens (tertiary/aromatic N) is 3. The van der Waals surface area contributed by atoms with Crippen molar-refractivity contribution in [2.75, 3.05) is 26.2 Å². The molecule has 6 heteroatoms. The lowest BCUT2D eigenvalue weighted by Crippen LogP contribution is -2.37. The molecule has 4 rings (SSSR count). The van der Waals surface area contributed by atoms with Crippen LogP contribution in [-0.2, 0) is 13.5 Å². The van der Waals surface area contributed by atoms with Gasteiger partial charge in [-0.25, -0.2) is 9.36 Å². The third-order valence-electron chi connectivity index (χ3n) is 6.20. The summed E-state index contributed by atoms with van der Waals surface area (Å²) < 4.78 is 8.74. The Kier molecular flexibility index (Phi) is 6.80. The maximum Gasteiger partial charge on any atom is 0.335 e. The van der Waals surface area contributed by atoms with Crippen molar-refractivity contribution in [3.8, 4) is 11.4 Å². The maximum atomic E-state index is 13.3.